The molecule has 5 heteroatoms. The maximum absolute atomic E-state index is 9.24. The lowest BCUT2D eigenvalue weighted by Crippen LogP contribution is -2.28. The summed E-state index contributed by atoms with van der Waals surface area (Å²) in [5.74, 6) is 1.83. The molecule has 0 spiro atoms. The Morgan fingerprint density at radius 1 is 1.28 bits per heavy atom. The van der Waals surface area contributed by atoms with E-state index in [0.717, 1.165) is 31.5 Å². The highest BCUT2D eigenvalue weighted by Gasteiger charge is 2.21. The van der Waals surface area contributed by atoms with Crippen LogP contribution >= 0.6 is 0 Å². The van der Waals surface area contributed by atoms with Crippen LogP contribution in [0.3, 0.4) is 0 Å². The van der Waals surface area contributed by atoms with Gasteiger partial charge in [-0.15, -0.1) is 0 Å². The number of benzene rings is 1. The molecule has 0 aliphatic carbocycles. The van der Waals surface area contributed by atoms with Gasteiger partial charge in [0.2, 0.25) is 11.7 Å². The predicted octanol–water partition coefficient (Wildman–Crippen LogP) is 1.91. The van der Waals surface area contributed by atoms with Gasteiger partial charge in [-0.2, -0.15) is 4.98 Å². The van der Waals surface area contributed by atoms with Gasteiger partial charge < -0.3 is 14.9 Å². The number of nitrogens with zero attached hydrogens (tertiary/aromatic N) is 2. The van der Waals surface area contributed by atoms with Crippen LogP contribution in [0.4, 0.5) is 0 Å². The third kappa shape index (κ3) is 2.22. The summed E-state index contributed by atoms with van der Waals surface area (Å²) in [4.78, 5) is 4.43. The first-order valence-electron chi connectivity index (χ1n) is 6.16. The molecule has 3 rings (SSSR count). The van der Waals surface area contributed by atoms with Crippen molar-refractivity contribution in [1.82, 2.24) is 15.5 Å². The number of hydrogen-bond donors (Lipinski definition) is 2. The fraction of sp³-hybridized carbons (Fsp3) is 0.385. The first-order chi connectivity index (χ1) is 8.83. The number of hydrogen-bond acceptors (Lipinski definition) is 5. The van der Waals surface area contributed by atoms with Gasteiger partial charge in [-0.1, -0.05) is 5.16 Å². The SMILES string of the molecule is Oc1ccc(-c2noc([C@H]3CCCNC3)n2)cc1. The molecule has 1 fully saturated rings. The second-order valence-electron chi connectivity index (χ2n) is 4.55. The number of rotatable bonds is 2. The second kappa shape index (κ2) is 4.78. The molecule has 1 atom stereocenters. The third-order valence-electron chi connectivity index (χ3n) is 3.21. The molecule has 0 amide bonds. The van der Waals surface area contributed by atoms with E-state index in [9.17, 15) is 5.11 Å². The number of aromatic nitrogens is 2. The zero-order valence-corrected chi connectivity index (χ0v) is 9.97. The molecule has 1 aliphatic rings. The predicted molar refractivity (Wildman–Crippen MR) is 66.2 cm³/mol. The summed E-state index contributed by atoms with van der Waals surface area (Å²) < 4.78 is 5.33. The molecule has 1 saturated heterocycles. The maximum atomic E-state index is 9.24. The minimum absolute atomic E-state index is 0.235. The Morgan fingerprint density at radius 2 is 2.11 bits per heavy atom. The van der Waals surface area contributed by atoms with Gasteiger partial charge in [0.05, 0.1) is 5.92 Å². The standard InChI is InChI=1S/C13H15N3O2/c17-11-5-3-9(4-6-11)12-15-13(18-16-12)10-2-1-7-14-8-10/h3-6,10,14,17H,1-2,7-8H2/t10-/m0/s1. The molecule has 2 aromatic rings. The van der Waals surface area contributed by atoms with Crippen LogP contribution in [0, 0.1) is 0 Å². The van der Waals surface area contributed by atoms with E-state index in [1.165, 1.54) is 0 Å². The molecule has 5 nitrogen and oxygen atoms in total. The molecule has 0 bridgehead atoms. The Hall–Kier alpha value is -1.88. The first-order valence-corrected chi connectivity index (χ1v) is 6.16. The molecule has 0 radical (unpaired) electrons. The van der Waals surface area contributed by atoms with Crippen LogP contribution in [-0.2, 0) is 0 Å². The van der Waals surface area contributed by atoms with Crippen LogP contribution in [0.5, 0.6) is 5.75 Å². The fourth-order valence-corrected chi connectivity index (χ4v) is 2.19. The van der Waals surface area contributed by atoms with Crippen molar-refractivity contribution in [3.05, 3.63) is 30.2 Å². The summed E-state index contributed by atoms with van der Waals surface area (Å²) in [6.07, 6.45) is 2.23. The van der Waals surface area contributed by atoms with E-state index >= 15 is 0 Å². The van der Waals surface area contributed by atoms with E-state index in [1.54, 1.807) is 24.3 Å². The molecule has 2 heterocycles. The maximum Gasteiger partial charge on any atom is 0.231 e. The van der Waals surface area contributed by atoms with E-state index in [0.29, 0.717) is 17.6 Å². The van der Waals surface area contributed by atoms with Gasteiger partial charge in [-0.05, 0) is 43.7 Å². The normalized spacial score (nSPS) is 19.9. The Kier molecular flexibility index (Phi) is 2.98. The molecule has 94 valence electrons. The number of phenols is 1. The Bertz CT molecular complexity index is 515. The molecule has 1 aliphatic heterocycles. The van der Waals surface area contributed by atoms with Crippen molar-refractivity contribution in [2.45, 2.75) is 18.8 Å². The van der Waals surface area contributed by atoms with Crippen molar-refractivity contribution in [3.63, 3.8) is 0 Å². The third-order valence-corrected chi connectivity index (χ3v) is 3.21. The average molecular weight is 245 g/mol. The number of aromatic hydroxyl groups is 1. The van der Waals surface area contributed by atoms with E-state index in [2.05, 4.69) is 15.5 Å². The van der Waals surface area contributed by atoms with Gasteiger partial charge in [-0.25, -0.2) is 0 Å². The van der Waals surface area contributed by atoms with Gasteiger partial charge in [0.25, 0.3) is 0 Å². The van der Waals surface area contributed by atoms with E-state index in [1.807, 2.05) is 0 Å². The number of nitrogens with one attached hydrogen (secondary N) is 1. The van der Waals surface area contributed by atoms with E-state index < -0.39 is 0 Å². The summed E-state index contributed by atoms with van der Waals surface area (Å²) in [6, 6.07) is 6.80. The highest BCUT2D eigenvalue weighted by Crippen LogP contribution is 2.25. The van der Waals surface area contributed by atoms with E-state index in [-0.39, 0.29) is 5.75 Å². The average Bonchev–Trinajstić information content (AvgIpc) is 2.90. The Morgan fingerprint density at radius 3 is 2.83 bits per heavy atom. The smallest absolute Gasteiger partial charge is 0.231 e. The van der Waals surface area contributed by atoms with Gasteiger partial charge in [0.15, 0.2) is 0 Å². The Labute approximate surface area is 105 Å². The number of phenolic OH excluding ortho intramolecular Hbond substituents is 1. The molecule has 2 N–H and O–H groups in total. The summed E-state index contributed by atoms with van der Waals surface area (Å²) in [5.41, 5.74) is 0.853. The molecule has 18 heavy (non-hydrogen) atoms. The quantitative estimate of drug-likeness (QED) is 0.845. The molecule has 0 saturated carbocycles. The molecule has 1 aromatic heterocycles. The van der Waals surface area contributed by atoms with Gasteiger partial charge >= 0.3 is 0 Å². The minimum Gasteiger partial charge on any atom is -0.508 e. The second-order valence-corrected chi connectivity index (χ2v) is 4.55. The largest absolute Gasteiger partial charge is 0.508 e. The van der Waals surface area contributed by atoms with Crippen molar-refractivity contribution in [3.8, 4) is 17.1 Å². The van der Waals surface area contributed by atoms with Crippen molar-refractivity contribution >= 4 is 0 Å². The van der Waals surface area contributed by atoms with Crippen molar-refractivity contribution in [2.75, 3.05) is 13.1 Å². The fourth-order valence-electron chi connectivity index (χ4n) is 2.19. The van der Waals surface area contributed by atoms with Crippen LogP contribution in [0.25, 0.3) is 11.4 Å². The molecular formula is C13H15N3O2. The summed E-state index contributed by atoms with van der Waals surface area (Å²) in [5, 5.41) is 16.6. The molecule has 1 aromatic carbocycles. The highest BCUT2D eigenvalue weighted by atomic mass is 16.5. The van der Waals surface area contributed by atoms with Gasteiger partial charge in [0.1, 0.15) is 5.75 Å². The lowest BCUT2D eigenvalue weighted by molar-refractivity contribution is 0.322. The molecule has 0 unspecified atom stereocenters. The van der Waals surface area contributed by atoms with Crippen LogP contribution < -0.4 is 5.32 Å². The van der Waals surface area contributed by atoms with Crippen molar-refractivity contribution in [1.29, 1.82) is 0 Å². The van der Waals surface area contributed by atoms with Crippen LogP contribution in [0.15, 0.2) is 28.8 Å². The first kappa shape index (κ1) is 11.2. The zero-order valence-electron chi connectivity index (χ0n) is 9.97. The van der Waals surface area contributed by atoms with Gasteiger partial charge in [-0.3, -0.25) is 0 Å². The van der Waals surface area contributed by atoms with E-state index in [4.69, 9.17) is 4.52 Å². The Balaban J connectivity index is 1.82. The lowest BCUT2D eigenvalue weighted by atomic mass is 10.00. The zero-order chi connectivity index (χ0) is 12.4. The minimum atomic E-state index is 0.235. The lowest BCUT2D eigenvalue weighted by Gasteiger charge is -2.18. The van der Waals surface area contributed by atoms with Crippen molar-refractivity contribution in [2.24, 2.45) is 0 Å². The summed E-state index contributed by atoms with van der Waals surface area (Å²) in [6.45, 7) is 1.96. The highest BCUT2D eigenvalue weighted by molar-refractivity contribution is 5.55. The number of piperidine rings is 1. The summed E-state index contributed by atoms with van der Waals surface area (Å²) in [7, 11) is 0. The monoisotopic (exact) mass is 245 g/mol. The van der Waals surface area contributed by atoms with Crippen LogP contribution in [0.2, 0.25) is 0 Å². The van der Waals surface area contributed by atoms with Crippen molar-refractivity contribution < 1.29 is 9.63 Å². The van der Waals surface area contributed by atoms with Crippen LogP contribution in [0.1, 0.15) is 24.7 Å². The van der Waals surface area contributed by atoms with Crippen LogP contribution in [-0.4, -0.2) is 28.3 Å². The van der Waals surface area contributed by atoms with Gasteiger partial charge in [0, 0.05) is 12.1 Å². The topological polar surface area (TPSA) is 71.2 Å². The summed E-state index contributed by atoms with van der Waals surface area (Å²) >= 11 is 0. The molecular weight excluding hydrogens is 230 g/mol.